The van der Waals surface area contributed by atoms with Crippen molar-refractivity contribution in [3.05, 3.63) is 29.3 Å². The number of piperidine rings is 1. The highest BCUT2D eigenvalue weighted by Gasteiger charge is 2.32. The molecule has 1 aromatic rings. The maximum atomic E-state index is 12.5. The van der Waals surface area contributed by atoms with Crippen LogP contribution in [0.25, 0.3) is 0 Å². The minimum Gasteiger partial charge on any atom is -0.465 e. The zero-order valence-corrected chi connectivity index (χ0v) is 14.8. The monoisotopic (exact) mass is 334 g/mol. The average molecular weight is 334 g/mol. The van der Waals surface area contributed by atoms with Crippen LogP contribution >= 0.6 is 0 Å². The maximum absolute atomic E-state index is 12.5. The molecule has 24 heavy (non-hydrogen) atoms. The summed E-state index contributed by atoms with van der Waals surface area (Å²) in [7, 11) is 3.05. The third-order valence-electron chi connectivity index (χ3n) is 4.65. The molecule has 1 aromatic carbocycles. The first kappa shape index (κ1) is 18.3. The first-order valence-corrected chi connectivity index (χ1v) is 8.12. The van der Waals surface area contributed by atoms with Crippen molar-refractivity contribution in [2.24, 2.45) is 5.41 Å². The van der Waals surface area contributed by atoms with Gasteiger partial charge in [0.15, 0.2) is 0 Å². The van der Waals surface area contributed by atoms with Crippen LogP contribution in [0.1, 0.15) is 35.7 Å². The molecule has 1 N–H and O–H groups in total. The molecule has 1 aliphatic heterocycles. The number of aryl methyl sites for hydroxylation is 1. The predicted octanol–water partition coefficient (Wildman–Crippen LogP) is 3.06. The molecular weight excluding hydrogens is 308 g/mol. The number of rotatable bonds is 4. The van der Waals surface area contributed by atoms with Gasteiger partial charge in [-0.15, -0.1) is 0 Å². The molecular formula is C18H26N2O4. The molecule has 132 valence electrons. The molecule has 0 saturated carbocycles. The molecule has 0 unspecified atom stereocenters. The van der Waals surface area contributed by atoms with Crippen LogP contribution in [0.4, 0.5) is 10.5 Å². The summed E-state index contributed by atoms with van der Waals surface area (Å²) in [5, 5.41) is 2.91. The van der Waals surface area contributed by atoms with E-state index < -0.39 is 5.97 Å². The number of nitrogens with zero attached hydrogens (tertiary/aromatic N) is 1. The third-order valence-corrected chi connectivity index (χ3v) is 4.65. The van der Waals surface area contributed by atoms with E-state index in [2.05, 4.69) is 12.2 Å². The number of anilines is 1. The summed E-state index contributed by atoms with van der Waals surface area (Å²) in [6, 6.07) is 5.00. The fourth-order valence-electron chi connectivity index (χ4n) is 2.94. The van der Waals surface area contributed by atoms with Gasteiger partial charge in [-0.05, 0) is 42.9 Å². The van der Waals surface area contributed by atoms with Gasteiger partial charge in [0.05, 0.1) is 19.3 Å². The molecule has 6 heteroatoms. The highest BCUT2D eigenvalue weighted by molar-refractivity contribution is 5.94. The second-order valence-electron chi connectivity index (χ2n) is 6.68. The van der Waals surface area contributed by atoms with Crippen molar-refractivity contribution in [1.82, 2.24) is 4.90 Å². The Morgan fingerprint density at radius 2 is 1.92 bits per heavy atom. The molecule has 1 aliphatic rings. The highest BCUT2D eigenvalue weighted by atomic mass is 16.5. The quantitative estimate of drug-likeness (QED) is 0.859. The van der Waals surface area contributed by atoms with E-state index in [-0.39, 0.29) is 11.4 Å². The van der Waals surface area contributed by atoms with E-state index in [0.29, 0.717) is 30.9 Å². The van der Waals surface area contributed by atoms with Crippen LogP contribution in [0.15, 0.2) is 18.2 Å². The van der Waals surface area contributed by atoms with Crippen molar-refractivity contribution in [2.75, 3.05) is 39.2 Å². The number of hydrogen-bond donors (Lipinski definition) is 1. The lowest BCUT2D eigenvalue weighted by Gasteiger charge is -2.38. The van der Waals surface area contributed by atoms with Gasteiger partial charge in [-0.2, -0.15) is 0 Å². The van der Waals surface area contributed by atoms with Crippen LogP contribution in [0.3, 0.4) is 0 Å². The minimum absolute atomic E-state index is 0.131. The zero-order valence-electron chi connectivity index (χ0n) is 14.8. The van der Waals surface area contributed by atoms with Crippen molar-refractivity contribution in [1.29, 1.82) is 0 Å². The van der Waals surface area contributed by atoms with E-state index in [0.717, 1.165) is 18.4 Å². The number of hydrogen-bond acceptors (Lipinski definition) is 4. The lowest BCUT2D eigenvalue weighted by atomic mass is 9.81. The molecule has 1 heterocycles. The van der Waals surface area contributed by atoms with Crippen molar-refractivity contribution in [3.8, 4) is 0 Å². The Labute approximate surface area is 143 Å². The molecule has 6 nitrogen and oxygen atoms in total. The molecule has 2 rings (SSSR count). The van der Waals surface area contributed by atoms with Crippen molar-refractivity contribution in [2.45, 2.75) is 26.7 Å². The molecule has 0 radical (unpaired) electrons. The largest absolute Gasteiger partial charge is 0.465 e. The molecule has 0 spiro atoms. The number of esters is 1. The van der Waals surface area contributed by atoms with E-state index >= 15 is 0 Å². The Morgan fingerprint density at radius 1 is 1.25 bits per heavy atom. The first-order chi connectivity index (χ1) is 11.4. The number of likely N-dealkylation sites (tertiary alicyclic amines) is 1. The van der Waals surface area contributed by atoms with Gasteiger partial charge in [-0.1, -0.05) is 13.0 Å². The number of ether oxygens (including phenoxy) is 2. The van der Waals surface area contributed by atoms with Crippen molar-refractivity contribution in [3.63, 3.8) is 0 Å². The van der Waals surface area contributed by atoms with Gasteiger partial charge in [0.1, 0.15) is 0 Å². The SMILES string of the molecule is COCC1(C)CCN(C(=O)Nc2cc(C(=O)OC)ccc2C)CC1. The summed E-state index contributed by atoms with van der Waals surface area (Å²) in [5.41, 5.74) is 2.08. The van der Waals surface area contributed by atoms with Gasteiger partial charge in [-0.25, -0.2) is 9.59 Å². The number of carbonyl (C=O) groups is 2. The molecule has 1 fully saturated rings. The van der Waals surface area contributed by atoms with Gasteiger partial charge in [0.25, 0.3) is 0 Å². The van der Waals surface area contributed by atoms with E-state index in [9.17, 15) is 9.59 Å². The fourth-order valence-corrected chi connectivity index (χ4v) is 2.94. The summed E-state index contributed by atoms with van der Waals surface area (Å²) in [4.78, 5) is 26.0. The van der Waals surface area contributed by atoms with Crippen LogP contribution in [0.2, 0.25) is 0 Å². The molecule has 0 atom stereocenters. The Kier molecular flexibility index (Phi) is 5.83. The van der Waals surface area contributed by atoms with Gasteiger partial charge >= 0.3 is 12.0 Å². The van der Waals surface area contributed by atoms with Crippen LogP contribution in [0.5, 0.6) is 0 Å². The number of benzene rings is 1. The first-order valence-electron chi connectivity index (χ1n) is 8.12. The molecule has 2 amide bonds. The maximum Gasteiger partial charge on any atom is 0.337 e. The van der Waals surface area contributed by atoms with Gasteiger partial charge < -0.3 is 19.7 Å². The summed E-state index contributed by atoms with van der Waals surface area (Å²) in [6.07, 6.45) is 1.82. The Morgan fingerprint density at radius 3 is 2.50 bits per heavy atom. The average Bonchev–Trinajstić information content (AvgIpc) is 2.56. The second-order valence-corrected chi connectivity index (χ2v) is 6.68. The summed E-state index contributed by atoms with van der Waals surface area (Å²) < 4.78 is 10.00. The number of carbonyl (C=O) groups excluding carboxylic acids is 2. The highest BCUT2D eigenvalue weighted by Crippen LogP contribution is 2.31. The molecule has 0 bridgehead atoms. The Balaban J connectivity index is 2.02. The number of nitrogens with one attached hydrogen (secondary N) is 1. The van der Waals surface area contributed by atoms with E-state index in [1.54, 1.807) is 25.3 Å². The normalized spacial score (nSPS) is 16.6. The van der Waals surface area contributed by atoms with Crippen molar-refractivity contribution >= 4 is 17.7 Å². The zero-order chi connectivity index (χ0) is 17.7. The van der Waals surface area contributed by atoms with Crippen LogP contribution < -0.4 is 5.32 Å². The summed E-state index contributed by atoms with van der Waals surface area (Å²) in [6.45, 7) is 6.18. The van der Waals surface area contributed by atoms with Gasteiger partial charge in [0.2, 0.25) is 0 Å². The fraction of sp³-hybridized carbons (Fsp3) is 0.556. The molecule has 0 aliphatic carbocycles. The number of methoxy groups -OCH3 is 2. The summed E-state index contributed by atoms with van der Waals surface area (Å²) in [5.74, 6) is -0.418. The molecule has 1 saturated heterocycles. The lowest BCUT2D eigenvalue weighted by molar-refractivity contribution is 0.0452. The number of urea groups is 1. The van der Waals surface area contributed by atoms with E-state index in [1.165, 1.54) is 7.11 Å². The third kappa shape index (κ3) is 4.26. The van der Waals surface area contributed by atoms with Gasteiger partial charge in [-0.3, -0.25) is 0 Å². The summed E-state index contributed by atoms with van der Waals surface area (Å²) >= 11 is 0. The molecule has 0 aromatic heterocycles. The predicted molar refractivity (Wildman–Crippen MR) is 92.3 cm³/mol. The van der Waals surface area contributed by atoms with E-state index in [4.69, 9.17) is 9.47 Å². The van der Waals surface area contributed by atoms with Gasteiger partial charge in [0, 0.05) is 25.9 Å². The number of amides is 2. The Hall–Kier alpha value is -2.08. The van der Waals surface area contributed by atoms with Crippen LogP contribution in [0, 0.1) is 12.3 Å². The van der Waals surface area contributed by atoms with Crippen LogP contribution in [-0.2, 0) is 9.47 Å². The van der Waals surface area contributed by atoms with E-state index in [1.807, 2.05) is 11.8 Å². The standard InChI is InChI=1S/C18H26N2O4/c1-13-5-6-14(16(21)24-4)11-15(13)19-17(22)20-9-7-18(2,8-10-20)12-23-3/h5-6,11H,7-10,12H2,1-4H3,(H,19,22). The Bertz CT molecular complexity index is 607. The minimum atomic E-state index is -0.418. The van der Waals surface area contributed by atoms with Crippen LogP contribution in [-0.4, -0.2) is 50.8 Å². The van der Waals surface area contributed by atoms with Crippen molar-refractivity contribution < 1.29 is 19.1 Å². The lowest BCUT2D eigenvalue weighted by Crippen LogP contribution is -2.45. The second kappa shape index (κ2) is 7.66. The topological polar surface area (TPSA) is 67.9 Å². The smallest absolute Gasteiger partial charge is 0.337 e.